The molecule has 0 aromatic heterocycles. The first kappa shape index (κ1) is 16.9. The maximum absolute atomic E-state index is 13.2. The van der Waals surface area contributed by atoms with Crippen LogP contribution in [-0.2, 0) is 14.3 Å². The lowest BCUT2D eigenvalue weighted by atomic mass is 10.3. The maximum Gasteiger partial charge on any atom is 0.305 e. The molecule has 0 aliphatic rings. The monoisotopic (exact) mass is 297 g/mol. The zero-order valence-electron chi connectivity index (χ0n) is 12.1. The van der Waals surface area contributed by atoms with E-state index in [0.29, 0.717) is 19.6 Å². The molecule has 0 heterocycles. The molecule has 1 rings (SSSR count). The minimum Gasteiger partial charge on any atom is -0.490 e. The Morgan fingerprint density at radius 3 is 2.71 bits per heavy atom. The number of carbonyl (C=O) groups excluding carboxylic acids is 2. The quantitative estimate of drug-likeness (QED) is 0.560. The van der Waals surface area contributed by atoms with E-state index in [1.165, 1.54) is 12.1 Å². The van der Waals surface area contributed by atoms with Crippen LogP contribution in [0.3, 0.4) is 0 Å². The topological polar surface area (TPSA) is 64.6 Å². The molecule has 0 aliphatic carbocycles. The summed E-state index contributed by atoms with van der Waals surface area (Å²) >= 11 is 0. The molecule has 0 radical (unpaired) electrons. The molecule has 21 heavy (non-hydrogen) atoms. The molecule has 1 N–H and O–H groups in total. The van der Waals surface area contributed by atoms with Crippen LogP contribution in [0, 0.1) is 5.82 Å². The minimum atomic E-state index is -0.452. The number of nitrogens with one attached hydrogen (secondary N) is 1. The number of hydrogen-bond acceptors (Lipinski definition) is 4. The van der Waals surface area contributed by atoms with Crippen molar-refractivity contribution in [2.45, 2.75) is 26.2 Å². The van der Waals surface area contributed by atoms with Crippen molar-refractivity contribution < 1.29 is 23.5 Å². The molecule has 0 aliphatic heterocycles. The lowest BCUT2D eigenvalue weighted by Crippen LogP contribution is -2.26. The van der Waals surface area contributed by atoms with Gasteiger partial charge in [0.05, 0.1) is 19.6 Å². The standard InChI is InChI=1S/C15H20FNO4/c1-2-20-15(19)8-5-10-17-14(18)9-11-21-13-7-4-3-6-12(13)16/h3-4,6-7H,2,5,8-11H2,1H3,(H,17,18). The molecule has 0 unspecified atom stereocenters. The highest BCUT2D eigenvalue weighted by atomic mass is 19.1. The van der Waals surface area contributed by atoms with Crippen molar-refractivity contribution in [3.8, 4) is 5.75 Å². The first-order chi connectivity index (χ1) is 10.1. The van der Waals surface area contributed by atoms with E-state index >= 15 is 0 Å². The molecule has 5 nitrogen and oxygen atoms in total. The SMILES string of the molecule is CCOC(=O)CCCNC(=O)CCOc1ccccc1F. The van der Waals surface area contributed by atoms with Gasteiger partial charge in [-0.05, 0) is 25.5 Å². The molecule has 1 aromatic rings. The molecule has 0 spiro atoms. The summed E-state index contributed by atoms with van der Waals surface area (Å²) in [6.45, 7) is 2.61. The Hall–Kier alpha value is -2.11. The lowest BCUT2D eigenvalue weighted by Gasteiger charge is -2.07. The number of benzene rings is 1. The maximum atomic E-state index is 13.2. The Balaban J connectivity index is 2.09. The van der Waals surface area contributed by atoms with Gasteiger partial charge in [-0.25, -0.2) is 4.39 Å². The van der Waals surface area contributed by atoms with E-state index in [-0.39, 0.29) is 37.1 Å². The van der Waals surface area contributed by atoms with Gasteiger partial charge in [0.2, 0.25) is 5.91 Å². The summed E-state index contributed by atoms with van der Waals surface area (Å²) in [6.07, 6.45) is 0.937. The molecule has 0 bridgehead atoms. The highest BCUT2D eigenvalue weighted by molar-refractivity contribution is 5.76. The van der Waals surface area contributed by atoms with Crippen LogP contribution in [0.1, 0.15) is 26.2 Å². The second-order valence-corrected chi connectivity index (χ2v) is 4.29. The summed E-state index contributed by atoms with van der Waals surface area (Å²) in [5, 5.41) is 2.66. The van der Waals surface area contributed by atoms with Crippen molar-refractivity contribution >= 4 is 11.9 Å². The van der Waals surface area contributed by atoms with Crippen molar-refractivity contribution in [1.82, 2.24) is 5.32 Å². The van der Waals surface area contributed by atoms with E-state index in [1.54, 1.807) is 19.1 Å². The van der Waals surface area contributed by atoms with E-state index in [2.05, 4.69) is 5.32 Å². The third kappa shape index (κ3) is 7.29. The fraction of sp³-hybridized carbons (Fsp3) is 0.467. The molecule has 0 atom stereocenters. The van der Waals surface area contributed by atoms with Gasteiger partial charge in [0.15, 0.2) is 11.6 Å². The van der Waals surface area contributed by atoms with Gasteiger partial charge in [0.1, 0.15) is 0 Å². The van der Waals surface area contributed by atoms with Crippen molar-refractivity contribution in [1.29, 1.82) is 0 Å². The van der Waals surface area contributed by atoms with Gasteiger partial charge in [0, 0.05) is 13.0 Å². The third-order valence-electron chi connectivity index (χ3n) is 2.61. The van der Waals surface area contributed by atoms with Crippen LogP contribution < -0.4 is 10.1 Å². The average Bonchev–Trinajstić information content (AvgIpc) is 2.46. The summed E-state index contributed by atoms with van der Waals surface area (Å²) in [5.74, 6) is -0.787. The minimum absolute atomic E-state index is 0.102. The Morgan fingerprint density at radius 2 is 2.00 bits per heavy atom. The van der Waals surface area contributed by atoms with Crippen LogP contribution in [-0.4, -0.2) is 31.6 Å². The summed E-state index contributed by atoms with van der Waals surface area (Å²) < 4.78 is 23.2. The number of hydrogen-bond donors (Lipinski definition) is 1. The number of amides is 1. The number of para-hydroxylation sites is 1. The number of ether oxygens (including phenoxy) is 2. The third-order valence-corrected chi connectivity index (χ3v) is 2.61. The fourth-order valence-electron chi connectivity index (χ4n) is 1.60. The largest absolute Gasteiger partial charge is 0.490 e. The second kappa shape index (κ2) is 9.74. The Kier molecular flexibility index (Phi) is 7.86. The highest BCUT2D eigenvalue weighted by Crippen LogP contribution is 2.15. The van der Waals surface area contributed by atoms with Gasteiger partial charge in [0.25, 0.3) is 0 Å². The average molecular weight is 297 g/mol. The zero-order chi connectivity index (χ0) is 15.5. The van der Waals surface area contributed by atoms with Gasteiger partial charge in [-0.3, -0.25) is 9.59 Å². The van der Waals surface area contributed by atoms with Crippen LogP contribution in [0.15, 0.2) is 24.3 Å². The predicted octanol–water partition coefficient (Wildman–Crippen LogP) is 2.05. The van der Waals surface area contributed by atoms with E-state index in [1.807, 2.05) is 0 Å². The Labute approximate surface area is 123 Å². The number of rotatable bonds is 9. The second-order valence-electron chi connectivity index (χ2n) is 4.29. The number of carbonyl (C=O) groups is 2. The van der Waals surface area contributed by atoms with E-state index < -0.39 is 5.82 Å². The van der Waals surface area contributed by atoms with Gasteiger partial charge < -0.3 is 14.8 Å². The molecular formula is C15H20FNO4. The van der Waals surface area contributed by atoms with Crippen molar-refractivity contribution in [2.75, 3.05) is 19.8 Å². The van der Waals surface area contributed by atoms with Crippen molar-refractivity contribution in [3.05, 3.63) is 30.1 Å². The van der Waals surface area contributed by atoms with E-state index in [9.17, 15) is 14.0 Å². The molecule has 0 saturated heterocycles. The van der Waals surface area contributed by atoms with Gasteiger partial charge in [-0.1, -0.05) is 12.1 Å². The van der Waals surface area contributed by atoms with Crippen LogP contribution in [0.4, 0.5) is 4.39 Å². The molecule has 0 fully saturated rings. The summed E-state index contributed by atoms with van der Waals surface area (Å²) in [7, 11) is 0. The first-order valence-corrected chi connectivity index (χ1v) is 6.93. The van der Waals surface area contributed by atoms with E-state index in [4.69, 9.17) is 9.47 Å². The number of esters is 1. The van der Waals surface area contributed by atoms with Crippen LogP contribution >= 0.6 is 0 Å². The van der Waals surface area contributed by atoms with Gasteiger partial charge in [-0.15, -0.1) is 0 Å². The zero-order valence-corrected chi connectivity index (χ0v) is 12.1. The Morgan fingerprint density at radius 1 is 1.24 bits per heavy atom. The number of halogens is 1. The van der Waals surface area contributed by atoms with Crippen molar-refractivity contribution in [3.63, 3.8) is 0 Å². The fourth-order valence-corrected chi connectivity index (χ4v) is 1.60. The van der Waals surface area contributed by atoms with E-state index in [0.717, 1.165) is 0 Å². The summed E-state index contributed by atoms with van der Waals surface area (Å²) in [6, 6.07) is 6.03. The highest BCUT2D eigenvalue weighted by Gasteiger charge is 2.05. The van der Waals surface area contributed by atoms with Gasteiger partial charge >= 0.3 is 5.97 Å². The van der Waals surface area contributed by atoms with Crippen LogP contribution in [0.25, 0.3) is 0 Å². The molecule has 116 valence electrons. The van der Waals surface area contributed by atoms with Crippen LogP contribution in [0.2, 0.25) is 0 Å². The lowest BCUT2D eigenvalue weighted by molar-refractivity contribution is -0.143. The summed E-state index contributed by atoms with van der Waals surface area (Å²) in [5.41, 5.74) is 0. The molecule has 0 saturated carbocycles. The normalized spacial score (nSPS) is 10.0. The predicted molar refractivity (Wildman–Crippen MR) is 75.4 cm³/mol. The molecule has 1 aromatic carbocycles. The van der Waals surface area contributed by atoms with Gasteiger partial charge in [-0.2, -0.15) is 0 Å². The smallest absolute Gasteiger partial charge is 0.305 e. The Bertz CT molecular complexity index is 465. The van der Waals surface area contributed by atoms with Crippen molar-refractivity contribution in [2.24, 2.45) is 0 Å². The molecular weight excluding hydrogens is 277 g/mol. The first-order valence-electron chi connectivity index (χ1n) is 6.93. The summed E-state index contributed by atoms with van der Waals surface area (Å²) in [4.78, 5) is 22.5. The molecule has 6 heteroatoms. The van der Waals surface area contributed by atoms with Crippen LogP contribution in [0.5, 0.6) is 5.75 Å². The molecule has 1 amide bonds.